The Hall–Kier alpha value is -2.89. The number of halogens is 1. The standard InChI is InChI=1S/C24H25FN2O3/c1-15(28)27-13-19-12-26(14-21(19)23(27)17-4-2-6-20(25)11-17)24(29)18-7-8-22-16(10-18)5-3-9-30-22/h2,4,6-8,10-11,19,21,23H,3,5,9,12-14H2,1H3/t19-,21-,23+/m1/s1. The second-order valence-electron chi connectivity index (χ2n) is 8.58. The number of nitrogens with zero attached hydrogens (tertiary/aromatic N) is 2. The van der Waals surface area contributed by atoms with Gasteiger partial charge in [0.05, 0.1) is 12.6 Å². The summed E-state index contributed by atoms with van der Waals surface area (Å²) in [5.41, 5.74) is 2.58. The van der Waals surface area contributed by atoms with Crippen LogP contribution in [0.3, 0.4) is 0 Å². The first-order valence-electron chi connectivity index (χ1n) is 10.6. The van der Waals surface area contributed by atoms with E-state index in [2.05, 4.69) is 0 Å². The summed E-state index contributed by atoms with van der Waals surface area (Å²) < 4.78 is 19.5. The fraction of sp³-hybridized carbons (Fsp3) is 0.417. The van der Waals surface area contributed by atoms with Crippen molar-refractivity contribution < 1.29 is 18.7 Å². The lowest BCUT2D eigenvalue weighted by molar-refractivity contribution is -0.130. The Morgan fingerprint density at radius 1 is 1.10 bits per heavy atom. The molecule has 3 aliphatic heterocycles. The molecule has 6 heteroatoms. The van der Waals surface area contributed by atoms with Crippen LogP contribution in [0.1, 0.15) is 40.9 Å². The van der Waals surface area contributed by atoms with Crippen LogP contribution in [0, 0.1) is 17.7 Å². The van der Waals surface area contributed by atoms with Gasteiger partial charge in [0.1, 0.15) is 11.6 Å². The molecule has 2 aromatic rings. The summed E-state index contributed by atoms with van der Waals surface area (Å²) >= 11 is 0. The summed E-state index contributed by atoms with van der Waals surface area (Å²) in [7, 11) is 0. The lowest BCUT2D eigenvalue weighted by atomic mass is 9.89. The highest BCUT2D eigenvalue weighted by Gasteiger charge is 2.49. The van der Waals surface area contributed by atoms with Crippen molar-refractivity contribution >= 4 is 11.8 Å². The van der Waals surface area contributed by atoms with E-state index in [4.69, 9.17) is 4.74 Å². The minimum atomic E-state index is -0.304. The van der Waals surface area contributed by atoms with Gasteiger partial charge in [-0.1, -0.05) is 12.1 Å². The number of likely N-dealkylation sites (tertiary alicyclic amines) is 2. The maximum atomic E-state index is 13.9. The van der Waals surface area contributed by atoms with Crippen molar-refractivity contribution in [1.29, 1.82) is 0 Å². The van der Waals surface area contributed by atoms with E-state index < -0.39 is 0 Å². The Morgan fingerprint density at radius 3 is 2.77 bits per heavy atom. The van der Waals surface area contributed by atoms with Crippen LogP contribution in [0.5, 0.6) is 5.75 Å². The summed E-state index contributed by atoms with van der Waals surface area (Å²) in [6, 6.07) is 12.0. The first-order chi connectivity index (χ1) is 14.5. The van der Waals surface area contributed by atoms with E-state index in [1.54, 1.807) is 13.0 Å². The Balaban J connectivity index is 1.39. The van der Waals surface area contributed by atoms with Crippen LogP contribution < -0.4 is 4.74 Å². The lowest BCUT2D eigenvalue weighted by Crippen LogP contribution is -2.36. The van der Waals surface area contributed by atoms with Gasteiger partial charge in [-0.3, -0.25) is 9.59 Å². The summed E-state index contributed by atoms with van der Waals surface area (Å²) in [5.74, 6) is 0.894. The van der Waals surface area contributed by atoms with Gasteiger partial charge in [-0.15, -0.1) is 0 Å². The average molecular weight is 408 g/mol. The van der Waals surface area contributed by atoms with Gasteiger partial charge in [-0.2, -0.15) is 0 Å². The van der Waals surface area contributed by atoms with E-state index in [1.165, 1.54) is 12.1 Å². The minimum absolute atomic E-state index is 0.00812. The molecule has 0 N–H and O–H groups in total. The van der Waals surface area contributed by atoms with Gasteiger partial charge in [0.25, 0.3) is 5.91 Å². The molecule has 0 aliphatic carbocycles. The van der Waals surface area contributed by atoms with Crippen LogP contribution in [0.4, 0.5) is 4.39 Å². The molecule has 0 bridgehead atoms. The van der Waals surface area contributed by atoms with Crippen LogP contribution in [0.2, 0.25) is 0 Å². The third-order valence-corrected chi connectivity index (χ3v) is 6.70. The molecular formula is C24H25FN2O3. The Labute approximate surface area is 175 Å². The predicted molar refractivity (Wildman–Crippen MR) is 110 cm³/mol. The number of rotatable bonds is 2. The molecule has 2 fully saturated rings. The molecule has 0 unspecified atom stereocenters. The predicted octanol–water partition coefficient (Wildman–Crippen LogP) is 3.44. The van der Waals surface area contributed by atoms with Crippen LogP contribution in [0.15, 0.2) is 42.5 Å². The zero-order valence-electron chi connectivity index (χ0n) is 17.0. The largest absolute Gasteiger partial charge is 0.493 e. The number of aryl methyl sites for hydroxylation is 1. The lowest BCUT2D eigenvalue weighted by Gasteiger charge is -2.29. The fourth-order valence-electron chi connectivity index (χ4n) is 5.33. The quantitative estimate of drug-likeness (QED) is 0.765. The van der Waals surface area contributed by atoms with Gasteiger partial charge in [0.2, 0.25) is 5.91 Å². The smallest absolute Gasteiger partial charge is 0.253 e. The third-order valence-electron chi connectivity index (χ3n) is 6.70. The number of carbonyl (C=O) groups excluding carboxylic acids is 2. The molecule has 3 aliphatic rings. The molecule has 5 nitrogen and oxygen atoms in total. The number of hydrogen-bond donors (Lipinski definition) is 0. The number of ether oxygens (including phenoxy) is 1. The average Bonchev–Trinajstić information content (AvgIpc) is 3.31. The number of benzene rings is 2. The maximum Gasteiger partial charge on any atom is 0.253 e. The maximum absolute atomic E-state index is 13.9. The normalized spacial score (nSPS) is 24.9. The van der Waals surface area contributed by atoms with Crippen LogP contribution in [-0.4, -0.2) is 47.9 Å². The van der Waals surface area contributed by atoms with Crippen molar-refractivity contribution in [3.8, 4) is 5.75 Å². The first kappa shape index (κ1) is 19.1. The van der Waals surface area contributed by atoms with Crippen molar-refractivity contribution in [2.45, 2.75) is 25.8 Å². The van der Waals surface area contributed by atoms with Crippen molar-refractivity contribution in [3.05, 3.63) is 65.0 Å². The van der Waals surface area contributed by atoms with Gasteiger partial charge in [0, 0.05) is 44.0 Å². The SMILES string of the molecule is CC(=O)N1C[C@H]2CN(C(=O)c3ccc4c(c3)CCCO4)C[C@H]2[C@@H]1c1cccc(F)c1. The molecule has 3 heterocycles. The summed E-state index contributed by atoms with van der Waals surface area (Å²) in [5, 5.41) is 0. The number of fused-ring (bicyclic) bond motifs is 2. The molecule has 30 heavy (non-hydrogen) atoms. The van der Waals surface area contributed by atoms with Gasteiger partial charge in [-0.05, 0) is 54.3 Å². The van der Waals surface area contributed by atoms with Gasteiger partial charge >= 0.3 is 0 Å². The molecule has 2 saturated heterocycles. The molecule has 156 valence electrons. The van der Waals surface area contributed by atoms with Crippen molar-refractivity contribution in [1.82, 2.24) is 9.80 Å². The number of hydrogen-bond acceptors (Lipinski definition) is 3. The molecule has 0 radical (unpaired) electrons. The molecule has 0 aromatic heterocycles. The zero-order valence-corrected chi connectivity index (χ0v) is 17.0. The van der Waals surface area contributed by atoms with Crippen molar-refractivity contribution in [2.75, 3.05) is 26.2 Å². The molecule has 3 atom stereocenters. The molecule has 2 aromatic carbocycles. The summed E-state index contributed by atoms with van der Waals surface area (Å²) in [6.45, 7) is 4.08. The number of carbonyl (C=O) groups is 2. The van der Waals surface area contributed by atoms with Crippen molar-refractivity contribution in [2.24, 2.45) is 11.8 Å². The molecule has 0 spiro atoms. The van der Waals surface area contributed by atoms with E-state index in [1.807, 2.05) is 34.1 Å². The van der Waals surface area contributed by atoms with E-state index in [0.29, 0.717) is 25.2 Å². The Morgan fingerprint density at radius 2 is 1.97 bits per heavy atom. The van der Waals surface area contributed by atoms with Crippen LogP contribution >= 0.6 is 0 Å². The van der Waals surface area contributed by atoms with Gasteiger partial charge in [-0.25, -0.2) is 4.39 Å². The minimum Gasteiger partial charge on any atom is -0.493 e. The summed E-state index contributed by atoms with van der Waals surface area (Å²) in [4.78, 5) is 29.2. The monoisotopic (exact) mass is 408 g/mol. The van der Waals surface area contributed by atoms with E-state index in [9.17, 15) is 14.0 Å². The molecule has 0 saturated carbocycles. The number of amides is 2. The second kappa shape index (κ2) is 7.42. The fourth-order valence-corrected chi connectivity index (χ4v) is 5.33. The van der Waals surface area contributed by atoms with Crippen LogP contribution in [0.25, 0.3) is 0 Å². The Kier molecular flexibility index (Phi) is 4.72. The second-order valence-corrected chi connectivity index (χ2v) is 8.58. The van der Waals surface area contributed by atoms with Crippen LogP contribution in [-0.2, 0) is 11.2 Å². The highest BCUT2D eigenvalue weighted by Crippen LogP contribution is 2.45. The molecule has 5 rings (SSSR count). The highest BCUT2D eigenvalue weighted by molar-refractivity contribution is 5.95. The Bertz CT molecular complexity index is 1010. The molecule has 2 amide bonds. The van der Waals surface area contributed by atoms with E-state index in [-0.39, 0.29) is 35.5 Å². The zero-order chi connectivity index (χ0) is 20.8. The summed E-state index contributed by atoms with van der Waals surface area (Å²) in [6.07, 6.45) is 1.89. The van der Waals surface area contributed by atoms with Gasteiger partial charge in [0.15, 0.2) is 0 Å². The third kappa shape index (κ3) is 3.24. The topological polar surface area (TPSA) is 49.9 Å². The van der Waals surface area contributed by atoms with E-state index >= 15 is 0 Å². The van der Waals surface area contributed by atoms with Gasteiger partial charge < -0.3 is 14.5 Å². The molecular weight excluding hydrogens is 383 g/mol. The highest BCUT2D eigenvalue weighted by atomic mass is 19.1. The van der Waals surface area contributed by atoms with E-state index in [0.717, 1.165) is 36.3 Å². The first-order valence-corrected chi connectivity index (χ1v) is 10.6. The van der Waals surface area contributed by atoms with Crippen molar-refractivity contribution in [3.63, 3.8) is 0 Å².